The number of anilines is 1. The van der Waals surface area contributed by atoms with Crippen LogP contribution >= 0.6 is 15.9 Å². The highest BCUT2D eigenvalue weighted by Crippen LogP contribution is 2.31. The molecule has 184 valence electrons. The van der Waals surface area contributed by atoms with Crippen LogP contribution in [-0.2, 0) is 9.59 Å². The lowest BCUT2D eigenvalue weighted by Crippen LogP contribution is -2.51. The number of hydrogen-bond donors (Lipinski definition) is 2. The number of fused-ring (bicyclic) bond motifs is 2. The average molecular weight is 553 g/mol. The molecule has 2 amide bonds. The van der Waals surface area contributed by atoms with Crippen LogP contribution in [0.3, 0.4) is 0 Å². The molecule has 1 saturated heterocycles. The van der Waals surface area contributed by atoms with Gasteiger partial charge in [0.15, 0.2) is 11.5 Å². The first kappa shape index (κ1) is 22.8. The summed E-state index contributed by atoms with van der Waals surface area (Å²) in [5.74, 6) is -0.252. The summed E-state index contributed by atoms with van der Waals surface area (Å²) in [7, 11) is 0. The number of halogens is 2. The lowest BCUT2D eigenvalue weighted by atomic mass is 10.1. The van der Waals surface area contributed by atoms with Crippen LogP contribution < -0.4 is 10.6 Å². The lowest BCUT2D eigenvalue weighted by molar-refractivity contribution is -0.141. The van der Waals surface area contributed by atoms with E-state index in [0.29, 0.717) is 57.7 Å². The van der Waals surface area contributed by atoms with Crippen molar-refractivity contribution in [2.24, 2.45) is 5.92 Å². The van der Waals surface area contributed by atoms with Crippen LogP contribution in [0.2, 0.25) is 0 Å². The van der Waals surface area contributed by atoms with Crippen molar-refractivity contribution in [3.8, 4) is 5.69 Å². The molecule has 12 heteroatoms. The molecule has 0 spiro atoms. The van der Waals surface area contributed by atoms with Crippen molar-refractivity contribution in [3.05, 3.63) is 47.1 Å². The number of rotatable bonds is 4. The van der Waals surface area contributed by atoms with E-state index in [2.05, 4.69) is 46.6 Å². The maximum Gasteiger partial charge on any atom is 0.239 e. The Hall–Kier alpha value is -3.67. The van der Waals surface area contributed by atoms with Gasteiger partial charge in [0.2, 0.25) is 17.8 Å². The molecule has 2 atom stereocenters. The zero-order valence-corrected chi connectivity index (χ0v) is 20.7. The molecular weight excluding hydrogens is 531 g/mol. The van der Waals surface area contributed by atoms with Gasteiger partial charge in [0.1, 0.15) is 10.1 Å². The van der Waals surface area contributed by atoms with Crippen molar-refractivity contribution in [1.82, 2.24) is 34.9 Å². The average Bonchev–Trinajstić information content (AvgIpc) is 3.48. The molecule has 4 heterocycles. The van der Waals surface area contributed by atoms with Crippen LogP contribution in [0.1, 0.15) is 19.3 Å². The van der Waals surface area contributed by atoms with Crippen LogP contribution in [0.25, 0.3) is 27.6 Å². The lowest BCUT2D eigenvalue weighted by Gasteiger charge is -2.29. The van der Waals surface area contributed by atoms with E-state index < -0.39 is 5.82 Å². The van der Waals surface area contributed by atoms with Crippen molar-refractivity contribution in [3.63, 3.8) is 0 Å². The highest BCUT2D eigenvalue weighted by Gasteiger charge is 2.34. The largest absolute Gasteiger partial charge is 0.353 e. The number of amides is 2. The van der Waals surface area contributed by atoms with Crippen LogP contribution in [0.15, 0.2) is 41.3 Å². The smallest absolute Gasteiger partial charge is 0.239 e. The van der Waals surface area contributed by atoms with Gasteiger partial charge in [-0.2, -0.15) is 10.1 Å². The summed E-state index contributed by atoms with van der Waals surface area (Å²) < 4.78 is 16.9. The molecule has 0 unspecified atom stereocenters. The van der Waals surface area contributed by atoms with E-state index in [9.17, 15) is 14.0 Å². The van der Waals surface area contributed by atoms with Gasteiger partial charge in [-0.15, -0.1) is 0 Å². The number of hydrogen-bond acceptors (Lipinski definition) is 7. The van der Waals surface area contributed by atoms with Gasteiger partial charge in [0.25, 0.3) is 0 Å². The minimum atomic E-state index is -0.442. The summed E-state index contributed by atoms with van der Waals surface area (Å²) >= 11 is 3.45. The normalized spacial score (nSPS) is 20.2. The maximum atomic E-state index is 14.7. The fraction of sp³-hybridized carbons (Fsp3) is 0.333. The molecular formula is C24H22BrFN8O2. The topological polar surface area (TPSA) is 118 Å². The molecule has 6 rings (SSSR count). The first-order valence-electron chi connectivity index (χ1n) is 11.7. The highest BCUT2D eigenvalue weighted by molar-refractivity contribution is 9.10. The Labute approximate surface area is 213 Å². The summed E-state index contributed by atoms with van der Waals surface area (Å²) in [4.78, 5) is 39.4. The van der Waals surface area contributed by atoms with Crippen LogP contribution in [-0.4, -0.2) is 67.1 Å². The number of piperazine rings is 1. The Bertz CT molecular complexity index is 1510. The predicted molar refractivity (Wildman–Crippen MR) is 134 cm³/mol. The number of aromatic nitrogens is 5. The number of carbonyl (C=O) groups excluding carboxylic acids is 2. The summed E-state index contributed by atoms with van der Waals surface area (Å²) in [6.07, 6.45) is 5.40. The summed E-state index contributed by atoms with van der Waals surface area (Å²) in [6, 6.07) is 6.78. The fourth-order valence-electron chi connectivity index (χ4n) is 4.98. The van der Waals surface area contributed by atoms with Gasteiger partial charge in [0, 0.05) is 48.9 Å². The van der Waals surface area contributed by atoms with Gasteiger partial charge in [-0.1, -0.05) is 6.07 Å². The molecule has 2 N–H and O–H groups in total. The van der Waals surface area contributed by atoms with E-state index in [1.165, 1.54) is 6.07 Å². The van der Waals surface area contributed by atoms with Crippen molar-refractivity contribution >= 4 is 55.6 Å². The predicted octanol–water partition coefficient (Wildman–Crippen LogP) is 2.80. The van der Waals surface area contributed by atoms with Gasteiger partial charge in [-0.05, 0) is 47.3 Å². The summed E-state index contributed by atoms with van der Waals surface area (Å²) in [5.41, 5.74) is 1.33. The first-order chi connectivity index (χ1) is 17.5. The molecule has 1 aliphatic carbocycles. The Morgan fingerprint density at radius 3 is 3.00 bits per heavy atom. The molecule has 1 aromatic carbocycles. The van der Waals surface area contributed by atoms with Crippen molar-refractivity contribution < 1.29 is 14.0 Å². The maximum absolute atomic E-state index is 14.7. The van der Waals surface area contributed by atoms with E-state index in [-0.39, 0.29) is 30.3 Å². The molecule has 2 fully saturated rings. The van der Waals surface area contributed by atoms with Crippen molar-refractivity contribution in [1.29, 1.82) is 0 Å². The molecule has 1 saturated carbocycles. The van der Waals surface area contributed by atoms with Gasteiger partial charge in [-0.3, -0.25) is 14.6 Å². The van der Waals surface area contributed by atoms with E-state index in [0.717, 1.165) is 12.8 Å². The standard InChI is InChI=1S/C24H22BrFN8O2/c25-21-17-11-29-24(30-15-4-3-14(8-15)23(36)33-7-6-27-19(35)12-33)31-22(17)34(32-21)16-9-13-2-1-5-28-20(13)18(26)10-16/h1-2,5,9-11,14-15H,3-4,6-8,12H2,(H,27,35)(H,29,30,31)/t14-,15-/m1/s1. The fourth-order valence-corrected chi connectivity index (χ4v) is 5.42. The molecule has 4 aromatic rings. The van der Waals surface area contributed by atoms with Crippen LogP contribution in [0.5, 0.6) is 0 Å². The minimum absolute atomic E-state index is 0.0269. The second-order valence-corrected chi connectivity index (χ2v) is 9.85. The third kappa shape index (κ3) is 4.15. The Morgan fingerprint density at radius 2 is 2.14 bits per heavy atom. The number of carbonyl (C=O) groups is 2. The van der Waals surface area contributed by atoms with Gasteiger partial charge in [-0.25, -0.2) is 14.1 Å². The van der Waals surface area contributed by atoms with Crippen LogP contribution in [0.4, 0.5) is 10.3 Å². The number of nitrogens with zero attached hydrogens (tertiary/aromatic N) is 6. The molecule has 1 aliphatic heterocycles. The monoisotopic (exact) mass is 552 g/mol. The molecule has 10 nitrogen and oxygen atoms in total. The molecule has 36 heavy (non-hydrogen) atoms. The van der Waals surface area contributed by atoms with E-state index in [4.69, 9.17) is 0 Å². The molecule has 0 radical (unpaired) electrons. The zero-order chi connectivity index (χ0) is 24.8. The second kappa shape index (κ2) is 9.08. The third-order valence-corrected chi connectivity index (χ3v) is 7.32. The van der Waals surface area contributed by atoms with Gasteiger partial charge in [0.05, 0.1) is 17.6 Å². The number of nitrogens with one attached hydrogen (secondary N) is 2. The second-order valence-electron chi connectivity index (χ2n) is 9.10. The SMILES string of the molecule is O=C1CN(C(=O)[C@@H]2CC[C@@H](Nc3ncc4c(Br)nn(-c5cc(F)c6ncccc6c5)c4n3)C2)CCN1. The quantitative estimate of drug-likeness (QED) is 0.399. The Kier molecular flexibility index (Phi) is 5.75. The van der Waals surface area contributed by atoms with Crippen molar-refractivity contribution in [2.45, 2.75) is 25.3 Å². The van der Waals surface area contributed by atoms with Crippen molar-refractivity contribution in [2.75, 3.05) is 25.0 Å². The van der Waals surface area contributed by atoms with E-state index in [1.807, 2.05) is 6.07 Å². The zero-order valence-electron chi connectivity index (χ0n) is 19.1. The molecule has 2 aliphatic rings. The minimum Gasteiger partial charge on any atom is -0.353 e. The van der Waals surface area contributed by atoms with Gasteiger partial charge >= 0.3 is 0 Å². The van der Waals surface area contributed by atoms with E-state index in [1.54, 1.807) is 34.1 Å². The van der Waals surface area contributed by atoms with Gasteiger partial charge < -0.3 is 15.5 Å². The molecule has 3 aromatic heterocycles. The van der Waals surface area contributed by atoms with E-state index >= 15 is 0 Å². The Balaban J connectivity index is 1.24. The molecule has 0 bridgehead atoms. The highest BCUT2D eigenvalue weighted by atomic mass is 79.9. The summed E-state index contributed by atoms with van der Waals surface area (Å²) in [5, 5.41) is 11.9. The van der Waals surface area contributed by atoms with Crippen LogP contribution in [0, 0.1) is 11.7 Å². The summed E-state index contributed by atoms with van der Waals surface area (Å²) in [6.45, 7) is 1.16. The third-order valence-electron chi connectivity index (χ3n) is 6.73. The first-order valence-corrected chi connectivity index (χ1v) is 12.5. The Morgan fingerprint density at radius 1 is 1.25 bits per heavy atom. The number of pyridine rings is 1. The number of benzene rings is 1.